The molecule has 0 aliphatic heterocycles. The Bertz CT molecular complexity index is 882. The number of nitrogens with one attached hydrogen (secondary N) is 1. The lowest BCUT2D eigenvalue weighted by Crippen LogP contribution is -2.30. The quantitative estimate of drug-likeness (QED) is 0.515. The van der Waals surface area contributed by atoms with Crippen molar-refractivity contribution in [2.75, 3.05) is 18.4 Å². The van der Waals surface area contributed by atoms with E-state index >= 15 is 0 Å². The number of phenolic OH excluding ortho intramolecular Hbond substituents is 1. The lowest BCUT2D eigenvalue weighted by Gasteiger charge is -2.19. The molecule has 0 fully saturated rings. The summed E-state index contributed by atoms with van der Waals surface area (Å²) < 4.78 is 26.6. The van der Waals surface area contributed by atoms with Crippen LogP contribution >= 0.6 is 11.8 Å². The summed E-state index contributed by atoms with van der Waals surface area (Å²) >= 11 is 1.38. The number of anilines is 1. The van der Waals surface area contributed by atoms with E-state index in [4.69, 9.17) is 0 Å². The van der Waals surface area contributed by atoms with Crippen molar-refractivity contribution in [2.45, 2.75) is 35.8 Å². The van der Waals surface area contributed by atoms with Crippen molar-refractivity contribution in [1.82, 2.24) is 4.31 Å². The average Bonchev–Trinajstić information content (AvgIpc) is 2.64. The average molecular weight is 409 g/mol. The minimum absolute atomic E-state index is 0.0302. The highest BCUT2D eigenvalue weighted by atomic mass is 32.2. The summed E-state index contributed by atoms with van der Waals surface area (Å²) in [7, 11) is -3.68. The monoisotopic (exact) mass is 408 g/mol. The van der Waals surface area contributed by atoms with Gasteiger partial charge in [0, 0.05) is 18.0 Å². The molecule has 1 amide bonds. The number of amides is 1. The summed E-state index contributed by atoms with van der Waals surface area (Å²) in [6.45, 7) is 5.94. The maximum Gasteiger partial charge on any atom is 0.243 e. The normalized spacial score (nSPS) is 12.7. The Kier molecular flexibility index (Phi) is 7.29. The first-order valence-electron chi connectivity index (χ1n) is 8.65. The zero-order valence-corrected chi connectivity index (χ0v) is 17.2. The van der Waals surface area contributed by atoms with Gasteiger partial charge in [0.2, 0.25) is 15.9 Å². The number of hydrogen-bond donors (Lipinski definition) is 2. The highest BCUT2D eigenvalue weighted by Gasteiger charge is 2.23. The zero-order valence-electron chi connectivity index (χ0n) is 15.5. The molecule has 8 heteroatoms. The summed E-state index contributed by atoms with van der Waals surface area (Å²) in [6.07, 6.45) is 0. The summed E-state index contributed by atoms with van der Waals surface area (Å²) in [4.78, 5) is 13.5. The molecule has 2 N–H and O–H groups in total. The van der Waals surface area contributed by atoms with Gasteiger partial charge in [-0.3, -0.25) is 4.79 Å². The Morgan fingerprint density at radius 3 is 2.37 bits per heavy atom. The minimum atomic E-state index is -3.68. The van der Waals surface area contributed by atoms with E-state index in [9.17, 15) is 18.3 Å². The van der Waals surface area contributed by atoms with Crippen LogP contribution in [-0.2, 0) is 14.8 Å². The fourth-order valence-corrected chi connectivity index (χ4v) is 4.85. The van der Waals surface area contributed by atoms with E-state index in [1.807, 2.05) is 30.3 Å². The number of sulfonamides is 1. The molecule has 0 aliphatic rings. The fourth-order valence-electron chi connectivity index (χ4n) is 2.48. The van der Waals surface area contributed by atoms with Gasteiger partial charge in [-0.05, 0) is 37.3 Å². The Balaban J connectivity index is 2.20. The number of phenols is 1. The van der Waals surface area contributed by atoms with E-state index in [0.29, 0.717) is 13.1 Å². The van der Waals surface area contributed by atoms with E-state index in [0.717, 1.165) is 4.90 Å². The second kappa shape index (κ2) is 9.25. The van der Waals surface area contributed by atoms with Crippen molar-refractivity contribution in [3.63, 3.8) is 0 Å². The molecule has 0 aliphatic carbocycles. The van der Waals surface area contributed by atoms with Crippen molar-refractivity contribution < 1.29 is 18.3 Å². The summed E-state index contributed by atoms with van der Waals surface area (Å²) in [5, 5.41) is 12.2. The Labute approximate surface area is 164 Å². The lowest BCUT2D eigenvalue weighted by molar-refractivity contribution is -0.115. The van der Waals surface area contributed by atoms with Crippen LogP contribution in [-0.4, -0.2) is 42.1 Å². The van der Waals surface area contributed by atoms with Crippen molar-refractivity contribution in [3.8, 4) is 5.75 Å². The molecule has 6 nitrogen and oxygen atoms in total. The van der Waals surface area contributed by atoms with Crippen LogP contribution in [0.25, 0.3) is 0 Å². The standard InChI is InChI=1S/C19H24N2O4S2/c1-4-21(5-2)27(24,25)16-11-12-18(22)17(13-16)20-19(23)14(3)26-15-9-7-6-8-10-15/h6-14,22H,4-5H2,1-3H3,(H,20,23)/t14-/m1/s1. The summed E-state index contributed by atoms with van der Waals surface area (Å²) in [6, 6.07) is 13.4. The first kappa shape index (κ1) is 21.3. The van der Waals surface area contributed by atoms with Crippen LogP contribution in [0.3, 0.4) is 0 Å². The SMILES string of the molecule is CCN(CC)S(=O)(=O)c1ccc(O)c(NC(=O)[C@@H](C)Sc2ccccc2)c1. The van der Waals surface area contributed by atoms with Gasteiger partial charge in [0.25, 0.3) is 0 Å². The van der Waals surface area contributed by atoms with E-state index in [1.165, 1.54) is 34.3 Å². The number of thioether (sulfide) groups is 1. The van der Waals surface area contributed by atoms with Crippen LogP contribution in [0, 0.1) is 0 Å². The third-order valence-electron chi connectivity index (χ3n) is 3.99. The molecule has 0 saturated heterocycles. The Morgan fingerprint density at radius 1 is 1.15 bits per heavy atom. The van der Waals surface area contributed by atoms with Gasteiger partial charge in [-0.1, -0.05) is 32.0 Å². The first-order valence-corrected chi connectivity index (χ1v) is 11.0. The number of carbonyl (C=O) groups is 1. The van der Waals surface area contributed by atoms with Crippen molar-refractivity contribution >= 4 is 33.4 Å². The third-order valence-corrected chi connectivity index (χ3v) is 7.15. The zero-order chi connectivity index (χ0) is 20.0. The maximum atomic E-state index is 12.6. The molecule has 2 rings (SSSR count). The van der Waals surface area contributed by atoms with E-state index in [1.54, 1.807) is 20.8 Å². The number of aromatic hydroxyl groups is 1. The Hall–Kier alpha value is -2.03. The molecule has 0 saturated carbocycles. The molecule has 1 atom stereocenters. The molecule has 0 bridgehead atoms. The van der Waals surface area contributed by atoms with Gasteiger partial charge < -0.3 is 10.4 Å². The smallest absolute Gasteiger partial charge is 0.243 e. The first-order chi connectivity index (χ1) is 12.8. The van der Waals surface area contributed by atoms with Crippen LogP contribution in [0.2, 0.25) is 0 Å². The molecule has 0 aromatic heterocycles. The number of carbonyl (C=O) groups excluding carboxylic acids is 1. The van der Waals surface area contributed by atoms with Crippen molar-refractivity contribution in [2.24, 2.45) is 0 Å². The Morgan fingerprint density at radius 2 is 1.78 bits per heavy atom. The minimum Gasteiger partial charge on any atom is -0.506 e. The topological polar surface area (TPSA) is 86.7 Å². The predicted octanol–water partition coefficient (Wildman–Crippen LogP) is 3.54. The van der Waals surface area contributed by atoms with Gasteiger partial charge in [0.15, 0.2) is 0 Å². The van der Waals surface area contributed by atoms with Gasteiger partial charge in [-0.25, -0.2) is 8.42 Å². The molecule has 2 aromatic carbocycles. The number of rotatable bonds is 8. The van der Waals surface area contributed by atoms with E-state index in [-0.39, 0.29) is 22.2 Å². The molecular formula is C19H24N2O4S2. The van der Waals surface area contributed by atoms with E-state index in [2.05, 4.69) is 5.32 Å². The fraction of sp³-hybridized carbons (Fsp3) is 0.316. The second-order valence-corrected chi connectivity index (χ2v) is 9.18. The molecule has 2 aromatic rings. The van der Waals surface area contributed by atoms with Crippen LogP contribution in [0.1, 0.15) is 20.8 Å². The van der Waals surface area contributed by atoms with E-state index < -0.39 is 15.3 Å². The van der Waals surface area contributed by atoms with Crippen LogP contribution < -0.4 is 5.32 Å². The number of benzene rings is 2. The van der Waals surface area contributed by atoms with Gasteiger partial charge in [-0.15, -0.1) is 11.8 Å². The molecule has 0 radical (unpaired) electrons. The van der Waals surface area contributed by atoms with Crippen molar-refractivity contribution in [1.29, 1.82) is 0 Å². The molecule has 0 unspecified atom stereocenters. The molecule has 27 heavy (non-hydrogen) atoms. The van der Waals surface area contributed by atoms with Gasteiger partial charge in [-0.2, -0.15) is 4.31 Å². The van der Waals surface area contributed by atoms with Crippen LogP contribution in [0.5, 0.6) is 5.75 Å². The van der Waals surface area contributed by atoms with Crippen molar-refractivity contribution in [3.05, 3.63) is 48.5 Å². The number of nitrogens with zero attached hydrogens (tertiary/aromatic N) is 1. The predicted molar refractivity (Wildman–Crippen MR) is 109 cm³/mol. The third kappa shape index (κ3) is 5.24. The lowest BCUT2D eigenvalue weighted by atomic mass is 10.3. The van der Waals surface area contributed by atoms with Gasteiger partial charge in [0.1, 0.15) is 5.75 Å². The van der Waals surface area contributed by atoms with Crippen LogP contribution in [0.15, 0.2) is 58.3 Å². The van der Waals surface area contributed by atoms with Crippen LogP contribution in [0.4, 0.5) is 5.69 Å². The highest BCUT2D eigenvalue weighted by molar-refractivity contribution is 8.00. The molecule has 0 spiro atoms. The van der Waals surface area contributed by atoms with Gasteiger partial charge >= 0.3 is 0 Å². The molecule has 146 valence electrons. The largest absolute Gasteiger partial charge is 0.506 e. The number of hydrogen-bond acceptors (Lipinski definition) is 5. The van der Waals surface area contributed by atoms with Gasteiger partial charge in [0.05, 0.1) is 15.8 Å². The summed E-state index contributed by atoms with van der Waals surface area (Å²) in [5.74, 6) is -0.504. The summed E-state index contributed by atoms with van der Waals surface area (Å²) in [5.41, 5.74) is 0.0775. The molecule has 0 heterocycles. The highest BCUT2D eigenvalue weighted by Crippen LogP contribution is 2.30. The second-order valence-electron chi connectivity index (χ2n) is 5.83. The maximum absolute atomic E-state index is 12.6. The molecular weight excluding hydrogens is 384 g/mol.